The molecule has 1 heteroatoms. The topological polar surface area (TPSA) is 0 Å². The van der Waals surface area contributed by atoms with Gasteiger partial charge < -0.3 is 0 Å². The van der Waals surface area contributed by atoms with Gasteiger partial charge in [0.15, 0.2) is 0 Å². The molecule has 0 aromatic heterocycles. The predicted molar refractivity (Wildman–Crippen MR) is 35.9 cm³/mol. The van der Waals surface area contributed by atoms with Crippen LogP contribution >= 0.6 is 0 Å². The molecule has 1 aromatic rings. The van der Waals surface area contributed by atoms with Crippen molar-refractivity contribution in [1.82, 2.24) is 0 Å². The largest absolute Gasteiger partial charge is 0.0591 e. The van der Waals surface area contributed by atoms with Crippen LogP contribution in [-0.4, -0.2) is 0 Å². The molecule has 0 fully saturated rings. The van der Waals surface area contributed by atoms with Crippen molar-refractivity contribution >= 4 is 0 Å². The number of rotatable bonds is 0. The van der Waals surface area contributed by atoms with E-state index in [9.17, 15) is 0 Å². The maximum absolute atomic E-state index is 2.12. The molecule has 0 spiro atoms. The van der Waals surface area contributed by atoms with Crippen LogP contribution in [0.5, 0.6) is 0 Å². The molecular weight excluding hydrogens is 148 g/mol. The van der Waals surface area contributed by atoms with E-state index in [2.05, 4.69) is 38.1 Å². The maximum atomic E-state index is 2.12. The third kappa shape index (κ3) is 2.70. The Bertz CT molecular complexity index is 143. The first-order valence-electron chi connectivity index (χ1n) is 2.82. The van der Waals surface area contributed by atoms with Gasteiger partial charge in [-0.2, -0.15) is 0 Å². The van der Waals surface area contributed by atoms with Gasteiger partial charge in [-0.1, -0.05) is 35.4 Å². The van der Waals surface area contributed by atoms with E-state index < -0.39 is 0 Å². The Kier molecular flexibility index (Phi) is 3.61. The van der Waals surface area contributed by atoms with Crippen LogP contribution in [0.1, 0.15) is 11.1 Å². The van der Waals surface area contributed by atoms with Gasteiger partial charge in [0, 0.05) is 17.4 Å². The molecule has 0 saturated heterocycles. The molecule has 0 heterocycles. The average Bonchev–Trinajstić information content (AvgIpc) is 1.77. The number of benzene rings is 1. The normalized spacial score (nSPS) is 8.22. The van der Waals surface area contributed by atoms with Gasteiger partial charge in [-0.05, 0) is 13.8 Å². The van der Waals surface area contributed by atoms with Crippen molar-refractivity contribution in [3.63, 3.8) is 0 Å². The van der Waals surface area contributed by atoms with Crippen molar-refractivity contribution in [2.75, 3.05) is 0 Å². The molecular formula is C8H10Cr. The minimum atomic E-state index is 0. The quantitative estimate of drug-likeness (QED) is 0.543. The van der Waals surface area contributed by atoms with Gasteiger partial charge in [-0.15, -0.1) is 0 Å². The Morgan fingerprint density at radius 2 is 1.00 bits per heavy atom. The second-order valence-electron chi connectivity index (χ2n) is 2.15. The first-order valence-corrected chi connectivity index (χ1v) is 2.82. The van der Waals surface area contributed by atoms with E-state index in [1.807, 2.05) is 0 Å². The summed E-state index contributed by atoms with van der Waals surface area (Å²) in [4.78, 5) is 0. The first-order chi connectivity index (χ1) is 3.79. The number of hydrogen-bond donors (Lipinski definition) is 0. The van der Waals surface area contributed by atoms with Crippen LogP contribution in [0.3, 0.4) is 0 Å². The van der Waals surface area contributed by atoms with Crippen LogP contribution in [-0.2, 0) is 17.4 Å². The molecule has 0 atom stereocenters. The summed E-state index contributed by atoms with van der Waals surface area (Å²) in [5.41, 5.74) is 2.66. The van der Waals surface area contributed by atoms with Crippen molar-refractivity contribution < 1.29 is 17.4 Å². The van der Waals surface area contributed by atoms with Crippen LogP contribution in [0, 0.1) is 13.8 Å². The van der Waals surface area contributed by atoms with Crippen LogP contribution in [0.15, 0.2) is 24.3 Å². The van der Waals surface area contributed by atoms with Gasteiger partial charge in [0.1, 0.15) is 0 Å². The Labute approximate surface area is 67.0 Å². The van der Waals surface area contributed by atoms with E-state index >= 15 is 0 Å². The standard InChI is InChI=1S/C8H10.Cr/c1-7-3-5-8(2)6-4-7;/h3-6H,1-2H3;. The minimum Gasteiger partial charge on any atom is -0.0591 e. The van der Waals surface area contributed by atoms with E-state index in [1.54, 1.807) is 0 Å². The van der Waals surface area contributed by atoms with E-state index in [-0.39, 0.29) is 17.4 Å². The monoisotopic (exact) mass is 158 g/mol. The summed E-state index contributed by atoms with van der Waals surface area (Å²) in [5, 5.41) is 0. The molecule has 0 nitrogen and oxygen atoms in total. The second kappa shape index (κ2) is 3.72. The van der Waals surface area contributed by atoms with Crippen molar-refractivity contribution in [2.24, 2.45) is 0 Å². The van der Waals surface area contributed by atoms with Crippen LogP contribution in [0.25, 0.3) is 0 Å². The fraction of sp³-hybridized carbons (Fsp3) is 0.250. The Balaban J connectivity index is 0.000000640. The summed E-state index contributed by atoms with van der Waals surface area (Å²) in [6.45, 7) is 4.19. The molecule has 0 unspecified atom stereocenters. The van der Waals surface area contributed by atoms with Crippen molar-refractivity contribution in [2.45, 2.75) is 13.8 Å². The van der Waals surface area contributed by atoms with E-state index in [1.165, 1.54) is 11.1 Å². The van der Waals surface area contributed by atoms with Gasteiger partial charge in [0.25, 0.3) is 0 Å². The average molecular weight is 158 g/mol. The van der Waals surface area contributed by atoms with Crippen molar-refractivity contribution in [1.29, 1.82) is 0 Å². The fourth-order valence-corrected chi connectivity index (χ4v) is 0.637. The molecule has 0 amide bonds. The minimum absolute atomic E-state index is 0. The molecule has 0 aliphatic carbocycles. The van der Waals surface area contributed by atoms with E-state index in [0.29, 0.717) is 0 Å². The van der Waals surface area contributed by atoms with Gasteiger partial charge in [0.05, 0.1) is 0 Å². The Morgan fingerprint density at radius 1 is 0.778 bits per heavy atom. The summed E-state index contributed by atoms with van der Waals surface area (Å²) in [6.07, 6.45) is 0. The molecule has 0 radical (unpaired) electrons. The Hall–Kier alpha value is -0.248. The molecule has 48 valence electrons. The maximum Gasteiger partial charge on any atom is 0 e. The van der Waals surface area contributed by atoms with E-state index in [4.69, 9.17) is 0 Å². The van der Waals surface area contributed by atoms with Gasteiger partial charge >= 0.3 is 0 Å². The zero-order valence-electron chi connectivity index (χ0n) is 5.72. The summed E-state index contributed by atoms with van der Waals surface area (Å²) >= 11 is 0. The summed E-state index contributed by atoms with van der Waals surface area (Å²) in [6, 6.07) is 8.48. The van der Waals surface area contributed by atoms with Crippen LogP contribution < -0.4 is 0 Å². The Morgan fingerprint density at radius 3 is 1.22 bits per heavy atom. The molecule has 1 rings (SSSR count). The molecule has 0 bridgehead atoms. The molecule has 1 aromatic carbocycles. The predicted octanol–water partition coefficient (Wildman–Crippen LogP) is 2.30. The summed E-state index contributed by atoms with van der Waals surface area (Å²) in [5.74, 6) is 0. The summed E-state index contributed by atoms with van der Waals surface area (Å²) < 4.78 is 0. The summed E-state index contributed by atoms with van der Waals surface area (Å²) in [7, 11) is 0. The first kappa shape index (κ1) is 8.75. The number of aryl methyl sites for hydroxylation is 2. The smallest absolute Gasteiger partial charge is 0 e. The molecule has 0 N–H and O–H groups in total. The zero-order valence-corrected chi connectivity index (χ0v) is 6.99. The van der Waals surface area contributed by atoms with E-state index in [0.717, 1.165) is 0 Å². The van der Waals surface area contributed by atoms with Crippen LogP contribution in [0.4, 0.5) is 0 Å². The third-order valence-corrected chi connectivity index (χ3v) is 1.22. The SMILES string of the molecule is Cc1ccc(C)cc1.[Cr]. The molecule has 9 heavy (non-hydrogen) atoms. The second-order valence-corrected chi connectivity index (χ2v) is 2.15. The van der Waals surface area contributed by atoms with Crippen LogP contribution in [0.2, 0.25) is 0 Å². The third-order valence-electron chi connectivity index (χ3n) is 1.22. The van der Waals surface area contributed by atoms with Crippen molar-refractivity contribution in [3.05, 3.63) is 35.4 Å². The zero-order chi connectivity index (χ0) is 5.98. The number of hydrogen-bond acceptors (Lipinski definition) is 0. The molecule has 0 aliphatic rings. The van der Waals surface area contributed by atoms with Gasteiger partial charge in [-0.25, -0.2) is 0 Å². The molecule has 0 aliphatic heterocycles. The van der Waals surface area contributed by atoms with Crippen molar-refractivity contribution in [3.8, 4) is 0 Å². The fourth-order valence-electron chi connectivity index (χ4n) is 0.637. The molecule has 0 saturated carbocycles. The van der Waals surface area contributed by atoms with Gasteiger partial charge in [0.2, 0.25) is 0 Å². The van der Waals surface area contributed by atoms with Gasteiger partial charge in [-0.3, -0.25) is 0 Å².